The van der Waals surface area contributed by atoms with Gasteiger partial charge in [-0.1, -0.05) is 24.9 Å². The van der Waals surface area contributed by atoms with E-state index in [1.54, 1.807) is 12.1 Å². The van der Waals surface area contributed by atoms with E-state index in [1.807, 2.05) is 6.92 Å². The van der Waals surface area contributed by atoms with Crippen LogP contribution < -0.4 is 11.1 Å². The molecule has 94 valence electrons. The van der Waals surface area contributed by atoms with Crippen molar-refractivity contribution in [3.8, 4) is 0 Å². The Morgan fingerprint density at radius 2 is 2.29 bits per heavy atom. The van der Waals surface area contributed by atoms with Crippen molar-refractivity contribution in [2.75, 3.05) is 12.3 Å². The van der Waals surface area contributed by atoms with Gasteiger partial charge in [0.2, 0.25) is 0 Å². The molecule has 1 aromatic carbocycles. The van der Waals surface area contributed by atoms with E-state index in [0.717, 1.165) is 6.42 Å². The molecular weight excluding hydrogens is 240 g/mol. The lowest BCUT2D eigenvalue weighted by atomic mass is 10.1. The summed E-state index contributed by atoms with van der Waals surface area (Å²) < 4.78 is 0. The zero-order chi connectivity index (χ0) is 12.8. The van der Waals surface area contributed by atoms with Crippen LogP contribution in [-0.2, 0) is 0 Å². The van der Waals surface area contributed by atoms with E-state index < -0.39 is 6.10 Å². The fraction of sp³-hybridized carbons (Fsp3) is 0.417. The second-order valence-electron chi connectivity index (χ2n) is 3.89. The van der Waals surface area contributed by atoms with E-state index in [9.17, 15) is 9.90 Å². The molecule has 1 atom stereocenters. The molecule has 1 aromatic rings. The predicted molar refractivity (Wildman–Crippen MR) is 69.1 cm³/mol. The van der Waals surface area contributed by atoms with Crippen LogP contribution in [0.2, 0.25) is 5.02 Å². The molecule has 4 nitrogen and oxygen atoms in total. The normalized spacial score (nSPS) is 12.2. The summed E-state index contributed by atoms with van der Waals surface area (Å²) in [6.45, 7) is 2.22. The molecule has 17 heavy (non-hydrogen) atoms. The minimum absolute atomic E-state index is 0.245. The van der Waals surface area contributed by atoms with Gasteiger partial charge < -0.3 is 16.2 Å². The van der Waals surface area contributed by atoms with Crippen LogP contribution in [-0.4, -0.2) is 23.7 Å². The molecular formula is C12H17ClN2O2. The number of hydrogen-bond donors (Lipinski definition) is 3. The molecule has 0 saturated heterocycles. The highest BCUT2D eigenvalue weighted by Gasteiger charge is 2.09. The number of carbonyl (C=O) groups excluding carboxylic acids is 1. The number of aliphatic hydroxyl groups excluding tert-OH is 1. The van der Waals surface area contributed by atoms with Crippen LogP contribution in [0.3, 0.4) is 0 Å². The first kappa shape index (κ1) is 13.8. The zero-order valence-electron chi connectivity index (χ0n) is 9.74. The maximum atomic E-state index is 11.7. The van der Waals surface area contributed by atoms with Gasteiger partial charge in [-0.3, -0.25) is 4.79 Å². The van der Waals surface area contributed by atoms with Crippen LogP contribution in [0.4, 0.5) is 5.69 Å². The van der Waals surface area contributed by atoms with Gasteiger partial charge in [0.1, 0.15) is 0 Å². The summed E-state index contributed by atoms with van der Waals surface area (Å²) in [4.78, 5) is 11.7. The number of benzene rings is 1. The molecule has 0 bridgehead atoms. The van der Waals surface area contributed by atoms with Crippen molar-refractivity contribution >= 4 is 23.2 Å². The summed E-state index contributed by atoms with van der Waals surface area (Å²) in [6, 6.07) is 4.69. The predicted octanol–water partition coefficient (Wildman–Crippen LogP) is 1.81. The first-order valence-electron chi connectivity index (χ1n) is 5.56. The highest BCUT2D eigenvalue weighted by molar-refractivity contribution is 6.33. The van der Waals surface area contributed by atoms with Gasteiger partial charge in [0, 0.05) is 12.1 Å². The SMILES string of the molecule is CCCC(O)CNC(=O)c1ccc(Cl)c(N)c1. The second-order valence-corrected chi connectivity index (χ2v) is 4.30. The van der Waals surface area contributed by atoms with Gasteiger partial charge in [-0.2, -0.15) is 0 Å². The molecule has 0 aliphatic carbocycles. The largest absolute Gasteiger partial charge is 0.398 e. The summed E-state index contributed by atoms with van der Waals surface area (Å²) in [7, 11) is 0. The van der Waals surface area contributed by atoms with Gasteiger partial charge in [0.25, 0.3) is 5.91 Å². The molecule has 1 unspecified atom stereocenters. The number of aliphatic hydroxyl groups is 1. The Hall–Kier alpha value is -1.26. The summed E-state index contributed by atoms with van der Waals surface area (Å²) in [5.41, 5.74) is 6.41. The molecule has 0 saturated carbocycles. The van der Waals surface area contributed by atoms with Gasteiger partial charge in [-0.05, 0) is 24.6 Å². The quantitative estimate of drug-likeness (QED) is 0.704. The summed E-state index contributed by atoms with van der Waals surface area (Å²) in [5, 5.41) is 12.5. The van der Waals surface area contributed by atoms with Gasteiger partial charge in [0.05, 0.1) is 16.8 Å². The number of halogens is 1. The summed E-state index contributed by atoms with van der Waals surface area (Å²) in [6.07, 6.45) is 1.04. The molecule has 4 N–H and O–H groups in total. The summed E-state index contributed by atoms with van der Waals surface area (Å²) in [5.74, 6) is -0.261. The maximum absolute atomic E-state index is 11.7. The Morgan fingerprint density at radius 3 is 2.88 bits per heavy atom. The minimum Gasteiger partial charge on any atom is -0.398 e. The van der Waals surface area contributed by atoms with Gasteiger partial charge >= 0.3 is 0 Å². The molecule has 0 fully saturated rings. The number of nitrogens with two attached hydrogens (primary N) is 1. The van der Waals surface area contributed by atoms with Crippen molar-refractivity contribution in [2.24, 2.45) is 0 Å². The Balaban J connectivity index is 2.55. The smallest absolute Gasteiger partial charge is 0.251 e. The Bertz CT molecular complexity index is 396. The molecule has 1 rings (SSSR count). The maximum Gasteiger partial charge on any atom is 0.251 e. The van der Waals surface area contributed by atoms with Crippen molar-refractivity contribution in [2.45, 2.75) is 25.9 Å². The number of carbonyl (C=O) groups is 1. The third-order valence-corrected chi connectivity index (χ3v) is 2.72. The van der Waals surface area contributed by atoms with E-state index in [-0.39, 0.29) is 12.5 Å². The van der Waals surface area contributed by atoms with Crippen LogP contribution in [0.1, 0.15) is 30.1 Å². The lowest BCUT2D eigenvalue weighted by Crippen LogP contribution is -2.32. The van der Waals surface area contributed by atoms with Crippen LogP contribution in [0.25, 0.3) is 0 Å². The summed E-state index contributed by atoms with van der Waals surface area (Å²) >= 11 is 5.76. The third-order valence-electron chi connectivity index (χ3n) is 2.38. The fourth-order valence-electron chi connectivity index (χ4n) is 1.43. The monoisotopic (exact) mass is 256 g/mol. The Labute approximate surface area is 106 Å². The second kappa shape index (κ2) is 6.47. The van der Waals surface area contributed by atoms with Crippen LogP contribution in [0, 0.1) is 0 Å². The highest BCUT2D eigenvalue weighted by atomic mass is 35.5. The van der Waals surface area contributed by atoms with Crippen molar-refractivity contribution in [1.82, 2.24) is 5.32 Å². The highest BCUT2D eigenvalue weighted by Crippen LogP contribution is 2.19. The number of rotatable bonds is 5. The number of hydrogen-bond acceptors (Lipinski definition) is 3. The average Bonchev–Trinajstić information content (AvgIpc) is 2.30. The van der Waals surface area contributed by atoms with Crippen molar-refractivity contribution in [3.63, 3.8) is 0 Å². The third kappa shape index (κ3) is 4.24. The molecule has 0 radical (unpaired) electrons. The first-order chi connectivity index (χ1) is 8.04. The van der Waals surface area contributed by atoms with Gasteiger partial charge in [-0.15, -0.1) is 0 Å². The molecule has 0 heterocycles. The molecule has 0 aliphatic rings. The van der Waals surface area contributed by atoms with Crippen LogP contribution in [0.15, 0.2) is 18.2 Å². The standard InChI is InChI=1S/C12H17ClN2O2/c1-2-3-9(16)7-15-12(17)8-4-5-10(13)11(14)6-8/h4-6,9,16H,2-3,7,14H2,1H3,(H,15,17). The fourth-order valence-corrected chi connectivity index (χ4v) is 1.55. The number of nitrogen functional groups attached to an aromatic ring is 1. The lowest BCUT2D eigenvalue weighted by molar-refractivity contribution is 0.0910. The van der Waals surface area contributed by atoms with Crippen molar-refractivity contribution < 1.29 is 9.90 Å². The van der Waals surface area contributed by atoms with E-state index in [1.165, 1.54) is 6.07 Å². The van der Waals surface area contributed by atoms with Crippen molar-refractivity contribution in [1.29, 1.82) is 0 Å². The molecule has 0 spiro atoms. The van der Waals surface area contributed by atoms with E-state index in [4.69, 9.17) is 17.3 Å². The number of amides is 1. The van der Waals surface area contributed by atoms with Crippen LogP contribution in [0.5, 0.6) is 0 Å². The molecule has 5 heteroatoms. The number of nitrogens with one attached hydrogen (secondary N) is 1. The Morgan fingerprint density at radius 1 is 1.59 bits per heavy atom. The van der Waals surface area contributed by atoms with Gasteiger partial charge in [0.15, 0.2) is 0 Å². The van der Waals surface area contributed by atoms with E-state index in [0.29, 0.717) is 22.7 Å². The Kier molecular flexibility index (Phi) is 5.25. The van der Waals surface area contributed by atoms with E-state index >= 15 is 0 Å². The molecule has 1 amide bonds. The molecule has 0 aromatic heterocycles. The minimum atomic E-state index is -0.506. The van der Waals surface area contributed by atoms with E-state index in [2.05, 4.69) is 5.32 Å². The average molecular weight is 257 g/mol. The topological polar surface area (TPSA) is 75.3 Å². The molecule has 0 aliphatic heterocycles. The zero-order valence-corrected chi connectivity index (χ0v) is 10.5. The van der Waals surface area contributed by atoms with Gasteiger partial charge in [-0.25, -0.2) is 0 Å². The van der Waals surface area contributed by atoms with Crippen LogP contribution >= 0.6 is 11.6 Å². The van der Waals surface area contributed by atoms with Crippen molar-refractivity contribution in [3.05, 3.63) is 28.8 Å². The first-order valence-corrected chi connectivity index (χ1v) is 5.93. The lowest BCUT2D eigenvalue weighted by Gasteiger charge is -2.11. The number of anilines is 1.